The van der Waals surface area contributed by atoms with Gasteiger partial charge in [0.25, 0.3) is 0 Å². The van der Waals surface area contributed by atoms with Crippen LogP contribution in [0.1, 0.15) is 24.5 Å². The topological polar surface area (TPSA) is 90.0 Å². The molecule has 0 spiro atoms. The van der Waals surface area contributed by atoms with E-state index in [0.717, 1.165) is 12.0 Å². The van der Waals surface area contributed by atoms with Crippen LogP contribution in [0.4, 0.5) is 4.79 Å². The fourth-order valence-electron chi connectivity index (χ4n) is 2.77. The van der Waals surface area contributed by atoms with Gasteiger partial charge in [-0.15, -0.1) is 0 Å². The Morgan fingerprint density at radius 2 is 1.96 bits per heavy atom. The lowest BCUT2D eigenvalue weighted by atomic mass is 10.0. The van der Waals surface area contributed by atoms with Gasteiger partial charge in [0.15, 0.2) is 0 Å². The van der Waals surface area contributed by atoms with Gasteiger partial charge in [0.05, 0.1) is 6.54 Å². The molecule has 0 aromatic heterocycles. The van der Waals surface area contributed by atoms with Gasteiger partial charge in [0.2, 0.25) is 5.91 Å². The van der Waals surface area contributed by atoms with Gasteiger partial charge in [-0.3, -0.25) is 9.59 Å². The molecule has 2 rings (SSSR count). The average molecular weight is 333 g/mol. The van der Waals surface area contributed by atoms with Crippen LogP contribution in [0.3, 0.4) is 0 Å². The van der Waals surface area contributed by atoms with Crippen molar-refractivity contribution in [3.8, 4) is 0 Å². The normalized spacial score (nSPS) is 13.1. The van der Waals surface area contributed by atoms with Crippen LogP contribution in [-0.2, 0) is 22.6 Å². The van der Waals surface area contributed by atoms with Crippen LogP contribution in [0.2, 0.25) is 0 Å². The average Bonchev–Trinajstić information content (AvgIpc) is 2.58. The van der Waals surface area contributed by atoms with E-state index in [4.69, 9.17) is 5.11 Å². The van der Waals surface area contributed by atoms with Crippen molar-refractivity contribution in [2.24, 2.45) is 0 Å². The number of carbonyl (C=O) groups excluding carboxylic acids is 2. The first-order chi connectivity index (χ1) is 11.5. The van der Waals surface area contributed by atoms with Crippen LogP contribution in [0.5, 0.6) is 0 Å². The number of amides is 3. The third kappa shape index (κ3) is 4.71. The van der Waals surface area contributed by atoms with Crippen molar-refractivity contribution in [2.45, 2.75) is 26.3 Å². The van der Waals surface area contributed by atoms with Gasteiger partial charge in [0.1, 0.15) is 6.54 Å². The molecule has 1 heterocycles. The molecule has 0 fully saturated rings. The number of aliphatic carboxylic acids is 1. The Hall–Kier alpha value is -2.57. The lowest BCUT2D eigenvalue weighted by Gasteiger charge is -2.29. The van der Waals surface area contributed by atoms with Crippen LogP contribution in [0.25, 0.3) is 0 Å². The molecule has 1 aliphatic rings. The molecular weight excluding hydrogens is 310 g/mol. The molecule has 0 unspecified atom stereocenters. The SMILES string of the molecule is CCCN(CC(=O)O)C(=O)CNC(=O)N1CCc2ccccc2C1. The second-order valence-electron chi connectivity index (χ2n) is 5.81. The Labute approximate surface area is 141 Å². The number of carboxylic acids is 1. The summed E-state index contributed by atoms with van der Waals surface area (Å²) in [4.78, 5) is 38.0. The first-order valence-corrected chi connectivity index (χ1v) is 8.10. The minimum absolute atomic E-state index is 0.190. The molecule has 7 nitrogen and oxygen atoms in total. The van der Waals surface area contributed by atoms with Gasteiger partial charge in [-0.05, 0) is 24.0 Å². The van der Waals surface area contributed by atoms with Gasteiger partial charge in [0, 0.05) is 19.6 Å². The maximum absolute atomic E-state index is 12.2. The number of carbonyl (C=O) groups is 3. The van der Waals surface area contributed by atoms with E-state index in [2.05, 4.69) is 11.4 Å². The zero-order chi connectivity index (χ0) is 17.5. The van der Waals surface area contributed by atoms with Crippen LogP contribution < -0.4 is 5.32 Å². The molecule has 0 saturated heterocycles. The lowest BCUT2D eigenvalue weighted by Crippen LogP contribution is -2.47. The van der Waals surface area contributed by atoms with Crippen molar-refractivity contribution in [3.05, 3.63) is 35.4 Å². The zero-order valence-corrected chi connectivity index (χ0v) is 13.8. The Balaban J connectivity index is 1.86. The highest BCUT2D eigenvalue weighted by atomic mass is 16.4. The second-order valence-corrected chi connectivity index (χ2v) is 5.81. The summed E-state index contributed by atoms with van der Waals surface area (Å²) in [6.45, 7) is 2.81. The summed E-state index contributed by atoms with van der Waals surface area (Å²) in [6, 6.07) is 7.68. The number of urea groups is 1. The van der Waals surface area contributed by atoms with Crippen molar-refractivity contribution in [1.82, 2.24) is 15.1 Å². The predicted octanol–water partition coefficient (Wildman–Crippen LogP) is 1.08. The van der Waals surface area contributed by atoms with E-state index in [1.54, 1.807) is 4.90 Å². The molecule has 1 aromatic carbocycles. The molecule has 0 radical (unpaired) electrons. The summed E-state index contributed by atoms with van der Waals surface area (Å²) in [6.07, 6.45) is 1.45. The van der Waals surface area contributed by atoms with E-state index in [0.29, 0.717) is 26.1 Å². The number of nitrogens with one attached hydrogen (secondary N) is 1. The van der Waals surface area contributed by atoms with E-state index < -0.39 is 5.97 Å². The summed E-state index contributed by atoms with van der Waals surface area (Å²) >= 11 is 0. The fraction of sp³-hybridized carbons (Fsp3) is 0.471. The maximum Gasteiger partial charge on any atom is 0.323 e. The van der Waals surface area contributed by atoms with E-state index >= 15 is 0 Å². The molecular formula is C17H23N3O4. The molecule has 24 heavy (non-hydrogen) atoms. The van der Waals surface area contributed by atoms with Crippen LogP contribution in [-0.4, -0.2) is 59.0 Å². The Bertz CT molecular complexity index is 618. The molecule has 130 valence electrons. The lowest BCUT2D eigenvalue weighted by molar-refractivity contribution is -0.144. The number of carboxylic acid groups (broad SMARTS) is 1. The van der Waals surface area contributed by atoms with Crippen LogP contribution in [0, 0.1) is 0 Å². The monoisotopic (exact) mass is 333 g/mol. The summed E-state index contributed by atoms with van der Waals surface area (Å²) in [5, 5.41) is 11.4. The summed E-state index contributed by atoms with van der Waals surface area (Å²) < 4.78 is 0. The maximum atomic E-state index is 12.2. The first kappa shape index (κ1) is 17.8. The minimum atomic E-state index is -1.06. The van der Waals surface area contributed by atoms with Crippen molar-refractivity contribution < 1.29 is 19.5 Å². The Morgan fingerprint density at radius 1 is 1.25 bits per heavy atom. The van der Waals surface area contributed by atoms with Crippen molar-refractivity contribution in [1.29, 1.82) is 0 Å². The fourth-order valence-corrected chi connectivity index (χ4v) is 2.77. The van der Waals surface area contributed by atoms with Crippen LogP contribution >= 0.6 is 0 Å². The standard InChI is InChI=1S/C17H23N3O4/c1-2-8-19(12-16(22)23)15(21)10-18-17(24)20-9-7-13-5-3-4-6-14(13)11-20/h3-6H,2,7-12H2,1H3,(H,18,24)(H,22,23). The van der Waals surface area contributed by atoms with Gasteiger partial charge < -0.3 is 20.2 Å². The third-order valence-electron chi connectivity index (χ3n) is 3.98. The quantitative estimate of drug-likeness (QED) is 0.815. The van der Waals surface area contributed by atoms with Crippen LogP contribution in [0.15, 0.2) is 24.3 Å². The van der Waals surface area contributed by atoms with Gasteiger partial charge in [-0.2, -0.15) is 0 Å². The molecule has 7 heteroatoms. The molecule has 0 saturated carbocycles. The predicted molar refractivity (Wildman–Crippen MR) is 88.5 cm³/mol. The van der Waals surface area contributed by atoms with Gasteiger partial charge in [-0.25, -0.2) is 4.79 Å². The Morgan fingerprint density at radius 3 is 2.62 bits per heavy atom. The molecule has 3 amide bonds. The zero-order valence-electron chi connectivity index (χ0n) is 13.8. The molecule has 0 bridgehead atoms. The highest BCUT2D eigenvalue weighted by Crippen LogP contribution is 2.18. The summed E-state index contributed by atoms with van der Waals surface area (Å²) in [5.74, 6) is -1.44. The number of hydrogen-bond donors (Lipinski definition) is 2. The largest absolute Gasteiger partial charge is 0.480 e. The molecule has 1 aromatic rings. The second kappa shape index (κ2) is 8.33. The minimum Gasteiger partial charge on any atom is -0.480 e. The number of hydrogen-bond acceptors (Lipinski definition) is 3. The van der Waals surface area contributed by atoms with Crippen molar-refractivity contribution >= 4 is 17.9 Å². The number of rotatable bonds is 6. The molecule has 2 N–H and O–H groups in total. The van der Waals surface area contributed by atoms with Crippen molar-refractivity contribution in [3.63, 3.8) is 0 Å². The molecule has 0 atom stereocenters. The van der Waals surface area contributed by atoms with E-state index in [1.165, 1.54) is 10.5 Å². The highest BCUT2D eigenvalue weighted by molar-refractivity contribution is 5.86. The van der Waals surface area contributed by atoms with E-state index in [-0.39, 0.29) is 25.0 Å². The molecule has 1 aliphatic heterocycles. The van der Waals surface area contributed by atoms with Gasteiger partial charge in [-0.1, -0.05) is 31.2 Å². The van der Waals surface area contributed by atoms with Crippen molar-refractivity contribution in [2.75, 3.05) is 26.2 Å². The van der Waals surface area contributed by atoms with E-state index in [9.17, 15) is 14.4 Å². The highest BCUT2D eigenvalue weighted by Gasteiger charge is 2.22. The first-order valence-electron chi connectivity index (χ1n) is 8.10. The third-order valence-corrected chi connectivity index (χ3v) is 3.98. The number of benzene rings is 1. The summed E-state index contributed by atoms with van der Waals surface area (Å²) in [5.41, 5.74) is 2.36. The summed E-state index contributed by atoms with van der Waals surface area (Å²) in [7, 11) is 0. The van der Waals surface area contributed by atoms with E-state index in [1.807, 2.05) is 25.1 Å². The smallest absolute Gasteiger partial charge is 0.323 e. The number of nitrogens with zero attached hydrogens (tertiary/aromatic N) is 2. The van der Waals surface area contributed by atoms with Gasteiger partial charge >= 0.3 is 12.0 Å². The Kier molecular flexibility index (Phi) is 6.17. The number of fused-ring (bicyclic) bond motifs is 1. The molecule has 0 aliphatic carbocycles.